The Kier molecular flexibility index (Phi) is 5.17. The Morgan fingerprint density at radius 3 is 2.89 bits per heavy atom. The normalized spacial score (nSPS) is 10.5. The highest BCUT2D eigenvalue weighted by molar-refractivity contribution is 7.13. The van der Waals surface area contributed by atoms with Gasteiger partial charge in [-0.3, -0.25) is 0 Å². The van der Waals surface area contributed by atoms with Gasteiger partial charge < -0.3 is 10.1 Å². The third kappa shape index (κ3) is 4.13. The van der Waals surface area contributed by atoms with E-state index in [1.165, 1.54) is 10.4 Å². The quantitative estimate of drug-likeness (QED) is 0.779. The molecule has 0 saturated carbocycles. The molecule has 0 fully saturated rings. The SMILES string of the molecule is CCOc1ncc(CNCCc2ccccc2)s1. The van der Waals surface area contributed by atoms with E-state index in [1.54, 1.807) is 11.3 Å². The predicted octanol–water partition coefficient (Wildman–Crippen LogP) is 2.87. The summed E-state index contributed by atoms with van der Waals surface area (Å²) in [7, 11) is 0. The van der Waals surface area contributed by atoms with Crippen molar-refractivity contribution in [2.24, 2.45) is 0 Å². The standard InChI is InChI=1S/C14H18N2OS/c1-2-17-14-16-11-13(18-14)10-15-9-8-12-6-4-3-5-7-12/h3-7,11,15H,2,8-10H2,1H3. The molecule has 1 heterocycles. The van der Waals surface area contributed by atoms with Gasteiger partial charge in [-0.25, -0.2) is 4.98 Å². The van der Waals surface area contributed by atoms with Gasteiger partial charge in [-0.15, -0.1) is 0 Å². The first-order chi connectivity index (χ1) is 8.88. The zero-order chi connectivity index (χ0) is 12.6. The number of nitrogens with one attached hydrogen (secondary N) is 1. The maximum Gasteiger partial charge on any atom is 0.273 e. The van der Waals surface area contributed by atoms with E-state index in [4.69, 9.17) is 4.74 Å². The lowest BCUT2D eigenvalue weighted by Gasteiger charge is -2.02. The number of nitrogens with zero attached hydrogens (tertiary/aromatic N) is 1. The highest BCUT2D eigenvalue weighted by Crippen LogP contribution is 2.19. The molecule has 0 atom stereocenters. The van der Waals surface area contributed by atoms with Gasteiger partial charge in [-0.1, -0.05) is 41.7 Å². The van der Waals surface area contributed by atoms with Crippen LogP contribution in [0.5, 0.6) is 5.19 Å². The minimum Gasteiger partial charge on any atom is -0.470 e. The number of benzene rings is 1. The van der Waals surface area contributed by atoms with Crippen molar-refractivity contribution in [2.45, 2.75) is 19.9 Å². The van der Waals surface area contributed by atoms with E-state index >= 15 is 0 Å². The molecule has 0 unspecified atom stereocenters. The lowest BCUT2D eigenvalue weighted by Crippen LogP contribution is -2.15. The number of ether oxygens (including phenoxy) is 1. The minimum atomic E-state index is 0.675. The van der Waals surface area contributed by atoms with Crippen molar-refractivity contribution in [3.8, 4) is 5.19 Å². The Balaban J connectivity index is 1.68. The van der Waals surface area contributed by atoms with Gasteiger partial charge in [0.25, 0.3) is 5.19 Å². The van der Waals surface area contributed by atoms with E-state index in [-0.39, 0.29) is 0 Å². The molecule has 0 aliphatic heterocycles. The van der Waals surface area contributed by atoms with Crippen molar-refractivity contribution in [3.05, 3.63) is 47.0 Å². The van der Waals surface area contributed by atoms with Gasteiger partial charge in [0.15, 0.2) is 0 Å². The predicted molar refractivity (Wildman–Crippen MR) is 75.1 cm³/mol. The minimum absolute atomic E-state index is 0.675. The number of thiazole rings is 1. The summed E-state index contributed by atoms with van der Waals surface area (Å²) in [6, 6.07) is 10.5. The maximum atomic E-state index is 5.34. The summed E-state index contributed by atoms with van der Waals surface area (Å²) in [6.45, 7) is 4.48. The van der Waals surface area contributed by atoms with Crippen LogP contribution in [0.1, 0.15) is 17.4 Å². The van der Waals surface area contributed by atoms with E-state index in [1.807, 2.05) is 19.2 Å². The molecule has 1 N–H and O–H groups in total. The van der Waals surface area contributed by atoms with Crippen molar-refractivity contribution in [3.63, 3.8) is 0 Å². The number of hydrogen-bond acceptors (Lipinski definition) is 4. The molecular formula is C14H18N2OS. The molecule has 2 rings (SSSR count). The monoisotopic (exact) mass is 262 g/mol. The average Bonchev–Trinajstić information content (AvgIpc) is 2.84. The fourth-order valence-corrected chi connectivity index (χ4v) is 2.44. The first kappa shape index (κ1) is 13.1. The van der Waals surface area contributed by atoms with Crippen molar-refractivity contribution in [2.75, 3.05) is 13.2 Å². The molecule has 0 aliphatic carbocycles. The molecule has 1 aromatic carbocycles. The fraction of sp³-hybridized carbons (Fsp3) is 0.357. The molecule has 0 saturated heterocycles. The van der Waals surface area contributed by atoms with Crippen LogP contribution in [0.3, 0.4) is 0 Å². The summed E-state index contributed by atoms with van der Waals surface area (Å²) in [5, 5.41) is 4.18. The summed E-state index contributed by atoms with van der Waals surface area (Å²) in [5.41, 5.74) is 1.37. The van der Waals surface area contributed by atoms with Gasteiger partial charge in [-0.2, -0.15) is 0 Å². The molecule has 0 radical (unpaired) electrons. The van der Waals surface area contributed by atoms with Crippen molar-refractivity contribution < 1.29 is 4.74 Å². The summed E-state index contributed by atoms with van der Waals surface area (Å²) in [6.07, 6.45) is 2.93. The summed E-state index contributed by atoms with van der Waals surface area (Å²) >= 11 is 1.61. The molecule has 0 spiro atoms. The van der Waals surface area contributed by atoms with Gasteiger partial charge in [-0.05, 0) is 25.5 Å². The van der Waals surface area contributed by atoms with Gasteiger partial charge in [0, 0.05) is 17.6 Å². The van der Waals surface area contributed by atoms with Crippen LogP contribution in [-0.4, -0.2) is 18.1 Å². The van der Waals surface area contributed by atoms with Gasteiger partial charge in [0.2, 0.25) is 0 Å². The molecule has 1 aromatic heterocycles. The summed E-state index contributed by atoms with van der Waals surface area (Å²) in [4.78, 5) is 5.41. The van der Waals surface area contributed by atoms with Crippen LogP contribution in [0, 0.1) is 0 Å². The summed E-state index contributed by atoms with van der Waals surface area (Å²) < 4.78 is 5.34. The van der Waals surface area contributed by atoms with Crippen LogP contribution >= 0.6 is 11.3 Å². The molecule has 96 valence electrons. The molecule has 18 heavy (non-hydrogen) atoms. The first-order valence-electron chi connectivity index (χ1n) is 6.20. The molecule has 0 amide bonds. The number of rotatable bonds is 7. The molecule has 2 aromatic rings. The van der Waals surface area contributed by atoms with Crippen molar-refractivity contribution in [1.29, 1.82) is 0 Å². The Labute approximate surface area is 112 Å². The van der Waals surface area contributed by atoms with Gasteiger partial charge >= 0.3 is 0 Å². The molecule has 4 heteroatoms. The molecule has 0 aliphatic rings. The Bertz CT molecular complexity index is 456. The lowest BCUT2D eigenvalue weighted by molar-refractivity contribution is 0.338. The number of aromatic nitrogens is 1. The van der Waals surface area contributed by atoms with Crippen LogP contribution in [0.4, 0.5) is 0 Å². The third-order valence-electron chi connectivity index (χ3n) is 2.53. The highest BCUT2D eigenvalue weighted by Gasteiger charge is 2.01. The van der Waals surface area contributed by atoms with Gasteiger partial charge in [0.05, 0.1) is 6.61 Å². The second kappa shape index (κ2) is 7.13. The second-order valence-corrected chi connectivity index (χ2v) is 5.02. The molecular weight excluding hydrogens is 244 g/mol. The van der Waals surface area contributed by atoms with Crippen LogP contribution in [-0.2, 0) is 13.0 Å². The van der Waals surface area contributed by atoms with Crippen LogP contribution in [0.2, 0.25) is 0 Å². The van der Waals surface area contributed by atoms with E-state index < -0.39 is 0 Å². The Morgan fingerprint density at radius 2 is 2.11 bits per heavy atom. The van der Waals surface area contributed by atoms with Crippen LogP contribution < -0.4 is 10.1 Å². The van der Waals surface area contributed by atoms with Crippen molar-refractivity contribution >= 4 is 11.3 Å². The smallest absolute Gasteiger partial charge is 0.273 e. The third-order valence-corrected chi connectivity index (χ3v) is 3.44. The zero-order valence-electron chi connectivity index (χ0n) is 10.6. The summed E-state index contributed by atoms with van der Waals surface area (Å²) in [5.74, 6) is 0. The topological polar surface area (TPSA) is 34.1 Å². The molecule has 3 nitrogen and oxygen atoms in total. The average molecular weight is 262 g/mol. The zero-order valence-corrected chi connectivity index (χ0v) is 11.4. The van der Waals surface area contributed by atoms with E-state index in [0.29, 0.717) is 6.61 Å². The first-order valence-corrected chi connectivity index (χ1v) is 7.02. The second-order valence-electron chi connectivity index (χ2n) is 3.94. The fourth-order valence-electron chi connectivity index (χ4n) is 1.65. The van der Waals surface area contributed by atoms with E-state index in [0.717, 1.165) is 24.7 Å². The van der Waals surface area contributed by atoms with E-state index in [9.17, 15) is 0 Å². The van der Waals surface area contributed by atoms with Crippen LogP contribution in [0.25, 0.3) is 0 Å². The van der Waals surface area contributed by atoms with E-state index in [2.05, 4.69) is 34.6 Å². The molecule has 0 bridgehead atoms. The highest BCUT2D eigenvalue weighted by atomic mass is 32.1. The maximum absolute atomic E-state index is 5.34. The van der Waals surface area contributed by atoms with Crippen molar-refractivity contribution in [1.82, 2.24) is 10.3 Å². The van der Waals surface area contributed by atoms with Gasteiger partial charge in [0.1, 0.15) is 0 Å². The largest absolute Gasteiger partial charge is 0.470 e. The number of hydrogen-bond donors (Lipinski definition) is 1. The van der Waals surface area contributed by atoms with Crippen LogP contribution in [0.15, 0.2) is 36.5 Å². The Hall–Kier alpha value is -1.39. The lowest BCUT2D eigenvalue weighted by atomic mass is 10.1. The Morgan fingerprint density at radius 1 is 1.28 bits per heavy atom.